The zero-order valence-corrected chi connectivity index (χ0v) is 13.7. The molecule has 2 N–H and O–H groups in total. The van der Waals surface area contributed by atoms with Crippen molar-refractivity contribution in [1.82, 2.24) is 4.90 Å². The van der Waals surface area contributed by atoms with E-state index >= 15 is 0 Å². The summed E-state index contributed by atoms with van der Waals surface area (Å²) in [4.78, 5) is 14.7. The van der Waals surface area contributed by atoms with Crippen LogP contribution in [0.25, 0.3) is 11.1 Å². The SMILES string of the molecule is Cc1ccc(-c2csc(N)c2C(=O)N2CCOCC2)cc1C. The van der Waals surface area contributed by atoms with Crippen molar-refractivity contribution in [3.05, 3.63) is 40.3 Å². The van der Waals surface area contributed by atoms with Crippen molar-refractivity contribution >= 4 is 22.2 Å². The van der Waals surface area contributed by atoms with Crippen molar-refractivity contribution in [2.24, 2.45) is 0 Å². The largest absolute Gasteiger partial charge is 0.390 e. The van der Waals surface area contributed by atoms with E-state index in [0.29, 0.717) is 36.9 Å². The molecule has 1 fully saturated rings. The standard InChI is InChI=1S/C17H20N2O2S/c1-11-3-4-13(9-12(11)2)14-10-22-16(18)15(14)17(20)19-5-7-21-8-6-19/h3-4,9-10H,5-8,18H2,1-2H3. The fourth-order valence-electron chi connectivity index (χ4n) is 2.64. The lowest BCUT2D eigenvalue weighted by Gasteiger charge is -2.27. The van der Waals surface area contributed by atoms with Crippen LogP contribution in [0.1, 0.15) is 21.5 Å². The van der Waals surface area contributed by atoms with Gasteiger partial charge in [0.25, 0.3) is 5.91 Å². The molecule has 0 atom stereocenters. The Balaban J connectivity index is 1.99. The molecule has 116 valence electrons. The Hall–Kier alpha value is -1.85. The van der Waals surface area contributed by atoms with Gasteiger partial charge in [-0.1, -0.05) is 18.2 Å². The normalized spacial score (nSPS) is 15.1. The Kier molecular flexibility index (Phi) is 4.18. The minimum absolute atomic E-state index is 0.00952. The number of hydrogen-bond acceptors (Lipinski definition) is 4. The van der Waals surface area contributed by atoms with Gasteiger partial charge in [-0.15, -0.1) is 11.3 Å². The molecule has 0 spiro atoms. The Morgan fingerprint density at radius 3 is 2.64 bits per heavy atom. The fraction of sp³-hybridized carbons (Fsp3) is 0.353. The molecule has 5 heteroatoms. The van der Waals surface area contributed by atoms with Crippen molar-refractivity contribution in [2.45, 2.75) is 13.8 Å². The van der Waals surface area contributed by atoms with Crippen LogP contribution in [-0.4, -0.2) is 37.1 Å². The highest BCUT2D eigenvalue weighted by atomic mass is 32.1. The van der Waals surface area contributed by atoms with E-state index in [2.05, 4.69) is 32.0 Å². The number of benzene rings is 1. The molecule has 3 rings (SSSR count). The second-order valence-electron chi connectivity index (χ2n) is 5.59. The maximum atomic E-state index is 12.8. The summed E-state index contributed by atoms with van der Waals surface area (Å²) in [5.41, 5.74) is 11.2. The smallest absolute Gasteiger partial charge is 0.257 e. The van der Waals surface area contributed by atoms with Gasteiger partial charge < -0.3 is 15.4 Å². The summed E-state index contributed by atoms with van der Waals surface area (Å²) in [6.45, 7) is 6.60. The van der Waals surface area contributed by atoms with Crippen molar-refractivity contribution in [3.63, 3.8) is 0 Å². The first-order chi connectivity index (χ1) is 10.6. The highest BCUT2D eigenvalue weighted by Crippen LogP contribution is 2.35. The number of thiophene rings is 1. The molecule has 4 nitrogen and oxygen atoms in total. The number of hydrogen-bond donors (Lipinski definition) is 1. The summed E-state index contributed by atoms with van der Waals surface area (Å²) in [7, 11) is 0. The van der Waals surface area contributed by atoms with E-state index in [0.717, 1.165) is 11.1 Å². The Labute approximate surface area is 134 Å². The van der Waals surface area contributed by atoms with Crippen molar-refractivity contribution in [3.8, 4) is 11.1 Å². The van der Waals surface area contributed by atoms with E-state index in [4.69, 9.17) is 10.5 Å². The van der Waals surface area contributed by atoms with Gasteiger partial charge in [-0.3, -0.25) is 4.79 Å². The Morgan fingerprint density at radius 1 is 1.23 bits per heavy atom. The number of nitrogens with two attached hydrogens (primary N) is 1. The lowest BCUT2D eigenvalue weighted by atomic mass is 9.99. The summed E-state index contributed by atoms with van der Waals surface area (Å²) in [5, 5.41) is 2.57. The van der Waals surface area contributed by atoms with Crippen molar-refractivity contribution in [1.29, 1.82) is 0 Å². The molecule has 22 heavy (non-hydrogen) atoms. The van der Waals surface area contributed by atoms with Gasteiger partial charge in [-0.2, -0.15) is 0 Å². The minimum atomic E-state index is 0.00952. The lowest BCUT2D eigenvalue weighted by Crippen LogP contribution is -2.40. The Morgan fingerprint density at radius 2 is 1.95 bits per heavy atom. The van der Waals surface area contributed by atoms with Gasteiger partial charge in [0, 0.05) is 24.0 Å². The second kappa shape index (κ2) is 6.10. The van der Waals surface area contributed by atoms with Gasteiger partial charge >= 0.3 is 0 Å². The number of ether oxygens (including phenoxy) is 1. The quantitative estimate of drug-likeness (QED) is 0.926. The minimum Gasteiger partial charge on any atom is -0.390 e. The highest BCUT2D eigenvalue weighted by Gasteiger charge is 2.25. The summed E-state index contributed by atoms with van der Waals surface area (Å²) in [6, 6.07) is 6.26. The molecule has 1 aromatic carbocycles. The molecule has 2 heterocycles. The molecule has 1 aromatic heterocycles. The van der Waals surface area contributed by atoms with Gasteiger partial charge in [-0.05, 0) is 30.5 Å². The van der Waals surface area contributed by atoms with Gasteiger partial charge in [0.15, 0.2) is 0 Å². The van der Waals surface area contributed by atoms with Gasteiger partial charge in [0.1, 0.15) is 0 Å². The molecule has 1 saturated heterocycles. The molecular weight excluding hydrogens is 296 g/mol. The molecule has 1 aliphatic heterocycles. The number of nitrogens with zero attached hydrogens (tertiary/aromatic N) is 1. The number of carbonyl (C=O) groups excluding carboxylic acids is 1. The summed E-state index contributed by atoms with van der Waals surface area (Å²) in [5.74, 6) is 0.00952. The van der Waals surface area contributed by atoms with Crippen LogP contribution >= 0.6 is 11.3 Å². The molecule has 2 aromatic rings. The summed E-state index contributed by atoms with van der Waals surface area (Å²) in [6.07, 6.45) is 0. The van der Waals surface area contributed by atoms with Crippen molar-refractivity contribution < 1.29 is 9.53 Å². The lowest BCUT2D eigenvalue weighted by molar-refractivity contribution is 0.0304. The summed E-state index contributed by atoms with van der Waals surface area (Å²) < 4.78 is 5.32. The van der Waals surface area contributed by atoms with Gasteiger partial charge in [0.2, 0.25) is 0 Å². The number of amides is 1. The number of carbonyl (C=O) groups is 1. The summed E-state index contributed by atoms with van der Waals surface area (Å²) >= 11 is 1.43. The number of anilines is 1. The number of aryl methyl sites for hydroxylation is 2. The van der Waals surface area contributed by atoms with E-state index in [1.807, 2.05) is 10.3 Å². The van der Waals surface area contributed by atoms with Crippen LogP contribution in [0.3, 0.4) is 0 Å². The molecule has 1 amide bonds. The van der Waals surface area contributed by atoms with Crippen molar-refractivity contribution in [2.75, 3.05) is 32.0 Å². The fourth-order valence-corrected chi connectivity index (χ4v) is 3.45. The van der Waals surface area contributed by atoms with Crippen LogP contribution in [0.4, 0.5) is 5.00 Å². The van der Waals surface area contributed by atoms with E-state index in [-0.39, 0.29) is 5.91 Å². The third-order valence-electron chi connectivity index (χ3n) is 4.15. The van der Waals surface area contributed by atoms with Crippen LogP contribution in [0.2, 0.25) is 0 Å². The second-order valence-corrected chi connectivity index (χ2v) is 6.50. The predicted molar refractivity (Wildman–Crippen MR) is 90.4 cm³/mol. The maximum absolute atomic E-state index is 12.8. The Bertz CT molecular complexity index is 703. The first-order valence-electron chi connectivity index (χ1n) is 7.39. The number of nitrogen functional groups attached to an aromatic ring is 1. The van der Waals surface area contributed by atoms with Crippen LogP contribution in [0.15, 0.2) is 23.6 Å². The van der Waals surface area contributed by atoms with Gasteiger partial charge in [0.05, 0.1) is 23.8 Å². The third kappa shape index (κ3) is 2.74. The van der Waals surface area contributed by atoms with Crippen LogP contribution in [0.5, 0.6) is 0 Å². The first-order valence-corrected chi connectivity index (χ1v) is 8.27. The first kappa shape index (κ1) is 15.1. The van der Waals surface area contributed by atoms with Gasteiger partial charge in [-0.25, -0.2) is 0 Å². The zero-order valence-electron chi connectivity index (χ0n) is 12.9. The predicted octanol–water partition coefficient (Wildman–Crippen LogP) is 3.09. The van der Waals surface area contributed by atoms with Crippen LogP contribution in [-0.2, 0) is 4.74 Å². The zero-order chi connectivity index (χ0) is 15.7. The molecule has 0 aliphatic carbocycles. The van der Waals surface area contributed by atoms with Crippen LogP contribution < -0.4 is 5.73 Å². The topological polar surface area (TPSA) is 55.6 Å². The third-order valence-corrected chi connectivity index (χ3v) is 4.96. The van der Waals surface area contributed by atoms with E-state index in [1.54, 1.807) is 0 Å². The maximum Gasteiger partial charge on any atom is 0.257 e. The molecule has 1 aliphatic rings. The monoisotopic (exact) mass is 316 g/mol. The highest BCUT2D eigenvalue weighted by molar-refractivity contribution is 7.15. The van der Waals surface area contributed by atoms with Crippen LogP contribution in [0, 0.1) is 13.8 Å². The number of rotatable bonds is 2. The van der Waals surface area contributed by atoms with E-state index < -0.39 is 0 Å². The van der Waals surface area contributed by atoms with E-state index in [1.165, 1.54) is 22.5 Å². The molecule has 0 bridgehead atoms. The molecule has 0 unspecified atom stereocenters. The molecular formula is C17H20N2O2S. The van der Waals surface area contributed by atoms with E-state index in [9.17, 15) is 4.79 Å². The molecule has 0 saturated carbocycles. The average molecular weight is 316 g/mol. The number of morpholine rings is 1. The molecule has 0 radical (unpaired) electrons. The average Bonchev–Trinajstić information content (AvgIpc) is 2.92.